The number of carbonyl (C=O) groups excluding carboxylic acids is 1. The second-order valence-corrected chi connectivity index (χ2v) is 4.64. The summed E-state index contributed by atoms with van der Waals surface area (Å²) in [5, 5.41) is 8.55. The molecule has 0 aromatic heterocycles. The summed E-state index contributed by atoms with van der Waals surface area (Å²) < 4.78 is 14.6. The molecular formula is C17H16O6. The van der Waals surface area contributed by atoms with E-state index in [1.807, 2.05) is 12.1 Å². The zero-order chi connectivity index (χ0) is 16.8. The van der Waals surface area contributed by atoms with E-state index in [2.05, 4.69) is 0 Å². The van der Waals surface area contributed by atoms with E-state index >= 15 is 0 Å². The number of cyclic esters (lactones) is 1. The molecule has 6 nitrogen and oxygen atoms in total. The topological polar surface area (TPSA) is 82.1 Å². The number of aromatic carboxylic acids is 1. The lowest BCUT2D eigenvalue weighted by atomic mass is 10.1. The van der Waals surface area contributed by atoms with Crippen molar-refractivity contribution in [2.75, 3.05) is 14.2 Å². The number of fused-ring (bicyclic) bond motifs is 1. The molecule has 1 aliphatic rings. The molecule has 0 atom stereocenters. The first-order chi connectivity index (χ1) is 11.0. The summed E-state index contributed by atoms with van der Waals surface area (Å²) in [5.74, 6) is 0.0466. The quantitative estimate of drug-likeness (QED) is 0.877. The number of hydrogen-bond donors (Lipinski definition) is 1. The molecular weight excluding hydrogens is 300 g/mol. The van der Waals surface area contributed by atoms with Gasteiger partial charge in [0.25, 0.3) is 0 Å². The van der Waals surface area contributed by atoms with Crippen LogP contribution in [-0.4, -0.2) is 31.3 Å². The third kappa shape index (κ3) is 4.00. The minimum Gasteiger partial charge on any atom is -0.497 e. The summed E-state index contributed by atoms with van der Waals surface area (Å²) >= 11 is 0. The Morgan fingerprint density at radius 2 is 1.78 bits per heavy atom. The molecule has 0 aliphatic carbocycles. The molecule has 0 radical (unpaired) electrons. The molecule has 0 unspecified atom stereocenters. The summed E-state index contributed by atoms with van der Waals surface area (Å²) in [6, 6.07) is 11.7. The van der Waals surface area contributed by atoms with Crippen LogP contribution in [0.5, 0.6) is 11.5 Å². The van der Waals surface area contributed by atoms with Crippen molar-refractivity contribution >= 4 is 11.9 Å². The average Bonchev–Trinajstić information content (AvgIpc) is 2.96. The number of hydrogen-bond acceptors (Lipinski definition) is 5. The Morgan fingerprint density at radius 1 is 1.09 bits per heavy atom. The van der Waals surface area contributed by atoms with E-state index < -0.39 is 5.97 Å². The summed E-state index contributed by atoms with van der Waals surface area (Å²) in [6.07, 6.45) is 0. The van der Waals surface area contributed by atoms with Crippen molar-refractivity contribution in [2.45, 2.75) is 6.61 Å². The Balaban J connectivity index is 0.000000168. The van der Waals surface area contributed by atoms with E-state index in [1.165, 1.54) is 19.2 Å². The zero-order valence-corrected chi connectivity index (χ0v) is 12.7. The highest BCUT2D eigenvalue weighted by Crippen LogP contribution is 2.24. The van der Waals surface area contributed by atoms with Crippen molar-refractivity contribution in [1.82, 2.24) is 0 Å². The van der Waals surface area contributed by atoms with Gasteiger partial charge in [0.05, 0.1) is 25.3 Å². The summed E-state index contributed by atoms with van der Waals surface area (Å²) in [5.41, 5.74) is 1.79. The maximum atomic E-state index is 11.1. The molecule has 1 N–H and O–H groups in total. The second kappa shape index (κ2) is 7.31. The van der Waals surface area contributed by atoms with E-state index in [0.29, 0.717) is 23.7 Å². The Labute approximate surface area is 133 Å². The molecule has 1 aliphatic heterocycles. The lowest BCUT2D eigenvalue weighted by Gasteiger charge is -1.99. The van der Waals surface area contributed by atoms with Gasteiger partial charge in [0.15, 0.2) is 0 Å². The molecule has 0 spiro atoms. The summed E-state index contributed by atoms with van der Waals surface area (Å²) in [4.78, 5) is 21.5. The predicted molar refractivity (Wildman–Crippen MR) is 82.1 cm³/mol. The van der Waals surface area contributed by atoms with Crippen LogP contribution in [0.4, 0.5) is 0 Å². The number of esters is 1. The molecule has 0 saturated heterocycles. The Kier molecular flexibility index (Phi) is 5.19. The normalized spacial score (nSPS) is 11.7. The number of rotatable bonds is 3. The second-order valence-electron chi connectivity index (χ2n) is 4.64. The van der Waals surface area contributed by atoms with Gasteiger partial charge in [-0.05, 0) is 30.3 Å². The number of carboxylic acids is 1. The minimum absolute atomic E-state index is 0.240. The Bertz CT molecular complexity index is 723. The van der Waals surface area contributed by atoms with Crippen molar-refractivity contribution in [3.8, 4) is 11.5 Å². The van der Waals surface area contributed by atoms with Gasteiger partial charge in [-0.2, -0.15) is 0 Å². The van der Waals surface area contributed by atoms with E-state index in [9.17, 15) is 9.59 Å². The number of ether oxygens (including phenoxy) is 3. The molecule has 0 fully saturated rings. The van der Waals surface area contributed by atoms with Gasteiger partial charge in [-0.15, -0.1) is 0 Å². The number of methoxy groups -OCH3 is 2. The fourth-order valence-corrected chi connectivity index (χ4v) is 1.98. The SMILES string of the molecule is COc1ccc2c(c1)C(=O)OC2.COc1cccc(C(=O)O)c1. The van der Waals surface area contributed by atoms with Crippen molar-refractivity contribution in [1.29, 1.82) is 0 Å². The van der Waals surface area contributed by atoms with E-state index in [-0.39, 0.29) is 11.5 Å². The van der Waals surface area contributed by atoms with Crippen molar-refractivity contribution in [2.24, 2.45) is 0 Å². The molecule has 120 valence electrons. The van der Waals surface area contributed by atoms with Crippen LogP contribution in [0.15, 0.2) is 42.5 Å². The van der Waals surface area contributed by atoms with Gasteiger partial charge in [-0.1, -0.05) is 12.1 Å². The first kappa shape index (κ1) is 16.4. The van der Waals surface area contributed by atoms with Crippen LogP contribution < -0.4 is 9.47 Å². The highest BCUT2D eigenvalue weighted by atomic mass is 16.5. The van der Waals surface area contributed by atoms with Crippen LogP contribution in [0.2, 0.25) is 0 Å². The van der Waals surface area contributed by atoms with Crippen LogP contribution in [0.1, 0.15) is 26.3 Å². The third-order valence-corrected chi connectivity index (χ3v) is 3.21. The average molecular weight is 316 g/mol. The maximum absolute atomic E-state index is 11.1. The maximum Gasteiger partial charge on any atom is 0.339 e. The van der Waals surface area contributed by atoms with Crippen LogP contribution >= 0.6 is 0 Å². The lowest BCUT2D eigenvalue weighted by molar-refractivity contribution is 0.0534. The van der Waals surface area contributed by atoms with Gasteiger partial charge in [-0.25, -0.2) is 9.59 Å². The smallest absolute Gasteiger partial charge is 0.339 e. The predicted octanol–water partition coefficient (Wildman–Crippen LogP) is 2.76. The highest BCUT2D eigenvalue weighted by Gasteiger charge is 2.20. The monoisotopic (exact) mass is 316 g/mol. The molecule has 2 aromatic carbocycles. The number of benzene rings is 2. The number of carbonyl (C=O) groups is 2. The molecule has 0 amide bonds. The fraction of sp³-hybridized carbons (Fsp3) is 0.176. The molecule has 0 saturated carbocycles. The standard InChI is InChI=1S/C9H8O3.C8H8O3/c1-11-7-3-2-6-5-12-9(10)8(6)4-7;1-11-7-4-2-3-6(5-7)8(9)10/h2-4H,5H2,1H3;2-5H,1H3,(H,9,10). The Morgan fingerprint density at radius 3 is 2.43 bits per heavy atom. The molecule has 6 heteroatoms. The largest absolute Gasteiger partial charge is 0.497 e. The summed E-state index contributed by atoms with van der Waals surface area (Å²) in [6.45, 7) is 0.387. The first-order valence-corrected chi connectivity index (χ1v) is 6.76. The fourth-order valence-electron chi connectivity index (χ4n) is 1.98. The van der Waals surface area contributed by atoms with Gasteiger partial charge in [0.2, 0.25) is 0 Å². The van der Waals surface area contributed by atoms with Crippen LogP contribution in [0.25, 0.3) is 0 Å². The number of carboxylic acid groups (broad SMARTS) is 1. The molecule has 1 heterocycles. The van der Waals surface area contributed by atoms with Crippen LogP contribution in [-0.2, 0) is 11.3 Å². The van der Waals surface area contributed by atoms with Gasteiger partial charge >= 0.3 is 11.9 Å². The molecule has 3 rings (SSSR count). The van der Waals surface area contributed by atoms with Gasteiger partial charge in [0, 0.05) is 5.56 Å². The van der Waals surface area contributed by atoms with Gasteiger partial charge in [-0.3, -0.25) is 0 Å². The highest BCUT2D eigenvalue weighted by molar-refractivity contribution is 5.93. The summed E-state index contributed by atoms with van der Waals surface area (Å²) in [7, 11) is 3.07. The van der Waals surface area contributed by atoms with Crippen LogP contribution in [0.3, 0.4) is 0 Å². The first-order valence-electron chi connectivity index (χ1n) is 6.76. The van der Waals surface area contributed by atoms with Gasteiger partial charge in [0.1, 0.15) is 18.1 Å². The van der Waals surface area contributed by atoms with E-state index in [1.54, 1.807) is 25.3 Å². The van der Waals surface area contributed by atoms with Crippen molar-refractivity contribution < 1.29 is 28.9 Å². The van der Waals surface area contributed by atoms with Crippen molar-refractivity contribution in [3.63, 3.8) is 0 Å². The molecule has 0 bridgehead atoms. The minimum atomic E-state index is -0.941. The van der Waals surface area contributed by atoms with Crippen LogP contribution in [0, 0.1) is 0 Å². The van der Waals surface area contributed by atoms with E-state index in [4.69, 9.17) is 19.3 Å². The lowest BCUT2D eigenvalue weighted by Crippen LogP contribution is -1.95. The van der Waals surface area contributed by atoms with E-state index in [0.717, 1.165) is 5.56 Å². The van der Waals surface area contributed by atoms with Gasteiger partial charge < -0.3 is 19.3 Å². The Hall–Kier alpha value is -3.02. The molecule has 2 aromatic rings. The third-order valence-electron chi connectivity index (χ3n) is 3.21. The molecule has 23 heavy (non-hydrogen) atoms. The zero-order valence-electron chi connectivity index (χ0n) is 12.7. The van der Waals surface area contributed by atoms with Crippen molar-refractivity contribution in [3.05, 3.63) is 59.2 Å².